The molecule has 1 aromatic heterocycles. The van der Waals surface area contributed by atoms with Crippen molar-refractivity contribution in [2.75, 3.05) is 18.5 Å². The molecule has 0 aliphatic carbocycles. The van der Waals surface area contributed by atoms with Crippen LogP contribution in [0.15, 0.2) is 24.4 Å². The Hall–Kier alpha value is -1.09. The van der Waals surface area contributed by atoms with Gasteiger partial charge in [-0.25, -0.2) is 4.98 Å². The summed E-state index contributed by atoms with van der Waals surface area (Å²) in [5.41, 5.74) is 0. The Morgan fingerprint density at radius 3 is 3.14 bits per heavy atom. The lowest BCUT2D eigenvalue weighted by Crippen LogP contribution is -2.27. The van der Waals surface area contributed by atoms with Crippen LogP contribution in [0.4, 0.5) is 5.82 Å². The Morgan fingerprint density at radius 1 is 1.50 bits per heavy atom. The molecular formula is C11H16N2O. The van der Waals surface area contributed by atoms with Gasteiger partial charge in [0.05, 0.1) is 19.3 Å². The van der Waals surface area contributed by atoms with Crippen molar-refractivity contribution in [3.8, 4) is 0 Å². The molecule has 76 valence electrons. The van der Waals surface area contributed by atoms with Gasteiger partial charge >= 0.3 is 0 Å². The molecule has 1 fully saturated rings. The van der Waals surface area contributed by atoms with Gasteiger partial charge in [-0.15, -0.1) is 0 Å². The van der Waals surface area contributed by atoms with E-state index in [1.165, 1.54) is 0 Å². The summed E-state index contributed by atoms with van der Waals surface area (Å²) in [5, 5.41) is 3.41. The van der Waals surface area contributed by atoms with Crippen molar-refractivity contribution in [3.05, 3.63) is 24.4 Å². The van der Waals surface area contributed by atoms with Gasteiger partial charge in [0.15, 0.2) is 0 Å². The van der Waals surface area contributed by atoms with Crippen molar-refractivity contribution < 1.29 is 4.74 Å². The zero-order valence-electron chi connectivity index (χ0n) is 8.44. The SMILES string of the molecule is CCC1COCC1Nc1ccccn1. The molecule has 2 unspecified atom stereocenters. The van der Waals surface area contributed by atoms with E-state index in [4.69, 9.17) is 4.74 Å². The summed E-state index contributed by atoms with van der Waals surface area (Å²) in [4.78, 5) is 4.24. The monoisotopic (exact) mass is 192 g/mol. The summed E-state index contributed by atoms with van der Waals surface area (Å²) in [5.74, 6) is 1.57. The third kappa shape index (κ3) is 2.04. The molecule has 0 radical (unpaired) electrons. The highest BCUT2D eigenvalue weighted by Crippen LogP contribution is 2.20. The zero-order valence-corrected chi connectivity index (χ0v) is 8.44. The molecule has 1 aliphatic rings. The number of nitrogens with one attached hydrogen (secondary N) is 1. The average Bonchev–Trinajstić information content (AvgIpc) is 2.67. The van der Waals surface area contributed by atoms with Crippen LogP contribution in [-0.4, -0.2) is 24.2 Å². The smallest absolute Gasteiger partial charge is 0.126 e. The lowest BCUT2D eigenvalue weighted by atomic mass is 10.0. The Bertz CT molecular complexity index is 276. The van der Waals surface area contributed by atoms with Crippen LogP contribution in [0.1, 0.15) is 13.3 Å². The molecule has 0 amide bonds. The van der Waals surface area contributed by atoms with E-state index in [-0.39, 0.29) is 0 Å². The number of hydrogen-bond donors (Lipinski definition) is 1. The Labute approximate surface area is 84.5 Å². The second-order valence-electron chi connectivity index (χ2n) is 3.67. The minimum Gasteiger partial charge on any atom is -0.379 e. The van der Waals surface area contributed by atoms with E-state index in [0.29, 0.717) is 12.0 Å². The fourth-order valence-corrected chi connectivity index (χ4v) is 1.80. The second kappa shape index (κ2) is 4.42. The summed E-state index contributed by atoms with van der Waals surface area (Å²) >= 11 is 0. The molecule has 0 spiro atoms. The summed E-state index contributed by atoms with van der Waals surface area (Å²) in [7, 11) is 0. The Kier molecular flexibility index (Phi) is 2.99. The fourth-order valence-electron chi connectivity index (χ4n) is 1.80. The normalized spacial score (nSPS) is 26.4. The molecule has 3 nitrogen and oxygen atoms in total. The highest BCUT2D eigenvalue weighted by molar-refractivity contribution is 5.35. The largest absolute Gasteiger partial charge is 0.379 e. The highest BCUT2D eigenvalue weighted by atomic mass is 16.5. The standard InChI is InChI=1S/C11H16N2O/c1-2-9-7-14-8-10(9)13-11-5-3-4-6-12-11/h3-6,9-10H,2,7-8H2,1H3,(H,12,13). The van der Waals surface area contributed by atoms with Crippen molar-refractivity contribution in [1.29, 1.82) is 0 Å². The van der Waals surface area contributed by atoms with Crippen LogP contribution < -0.4 is 5.32 Å². The van der Waals surface area contributed by atoms with Gasteiger partial charge in [-0.05, 0) is 18.6 Å². The average molecular weight is 192 g/mol. The summed E-state index contributed by atoms with van der Waals surface area (Å²) < 4.78 is 5.44. The van der Waals surface area contributed by atoms with Crippen molar-refractivity contribution in [3.63, 3.8) is 0 Å². The molecule has 2 heterocycles. The first kappa shape index (κ1) is 9.46. The predicted molar refractivity (Wildman–Crippen MR) is 56.2 cm³/mol. The zero-order chi connectivity index (χ0) is 9.80. The molecule has 1 aliphatic heterocycles. The third-order valence-corrected chi connectivity index (χ3v) is 2.72. The van der Waals surface area contributed by atoms with Crippen molar-refractivity contribution in [2.24, 2.45) is 5.92 Å². The van der Waals surface area contributed by atoms with Crippen LogP contribution in [0.3, 0.4) is 0 Å². The van der Waals surface area contributed by atoms with Crippen LogP contribution in [0.5, 0.6) is 0 Å². The van der Waals surface area contributed by atoms with E-state index in [0.717, 1.165) is 25.5 Å². The number of aromatic nitrogens is 1. The lowest BCUT2D eigenvalue weighted by Gasteiger charge is -2.17. The fraction of sp³-hybridized carbons (Fsp3) is 0.545. The minimum absolute atomic E-state index is 0.426. The van der Waals surface area contributed by atoms with Crippen molar-refractivity contribution >= 4 is 5.82 Å². The molecule has 1 aromatic rings. The molecular weight excluding hydrogens is 176 g/mol. The molecule has 1 N–H and O–H groups in total. The van der Waals surface area contributed by atoms with Gasteiger partial charge in [-0.1, -0.05) is 13.0 Å². The molecule has 2 atom stereocenters. The number of nitrogens with zero attached hydrogens (tertiary/aromatic N) is 1. The summed E-state index contributed by atoms with van der Waals surface area (Å²) in [6.45, 7) is 3.88. The van der Waals surface area contributed by atoms with E-state index in [9.17, 15) is 0 Å². The van der Waals surface area contributed by atoms with Gasteiger partial charge in [0, 0.05) is 12.1 Å². The van der Waals surface area contributed by atoms with Gasteiger partial charge in [-0.2, -0.15) is 0 Å². The number of hydrogen-bond acceptors (Lipinski definition) is 3. The molecule has 1 saturated heterocycles. The van der Waals surface area contributed by atoms with Crippen LogP contribution >= 0.6 is 0 Å². The van der Waals surface area contributed by atoms with Gasteiger partial charge in [0.25, 0.3) is 0 Å². The molecule has 0 saturated carbocycles. The lowest BCUT2D eigenvalue weighted by molar-refractivity contribution is 0.184. The number of ether oxygens (including phenoxy) is 1. The summed E-state index contributed by atoms with van der Waals surface area (Å²) in [6, 6.07) is 6.33. The Balaban J connectivity index is 1.97. The first-order valence-electron chi connectivity index (χ1n) is 5.15. The maximum absolute atomic E-state index is 5.44. The minimum atomic E-state index is 0.426. The van der Waals surface area contributed by atoms with E-state index in [2.05, 4.69) is 17.2 Å². The van der Waals surface area contributed by atoms with E-state index < -0.39 is 0 Å². The molecule has 2 rings (SSSR count). The van der Waals surface area contributed by atoms with Crippen LogP contribution in [0.25, 0.3) is 0 Å². The number of pyridine rings is 1. The maximum Gasteiger partial charge on any atom is 0.126 e. The van der Waals surface area contributed by atoms with Gasteiger partial charge in [0.1, 0.15) is 5.82 Å². The number of anilines is 1. The maximum atomic E-state index is 5.44. The quantitative estimate of drug-likeness (QED) is 0.794. The van der Waals surface area contributed by atoms with Crippen LogP contribution in [-0.2, 0) is 4.74 Å². The van der Waals surface area contributed by atoms with Crippen molar-refractivity contribution in [2.45, 2.75) is 19.4 Å². The third-order valence-electron chi connectivity index (χ3n) is 2.72. The first-order chi connectivity index (χ1) is 6.90. The van der Waals surface area contributed by atoms with Gasteiger partial charge < -0.3 is 10.1 Å². The molecule has 0 aromatic carbocycles. The summed E-state index contributed by atoms with van der Waals surface area (Å²) in [6.07, 6.45) is 2.96. The molecule has 0 bridgehead atoms. The van der Waals surface area contributed by atoms with E-state index in [1.807, 2.05) is 18.2 Å². The van der Waals surface area contributed by atoms with Crippen molar-refractivity contribution in [1.82, 2.24) is 4.98 Å². The highest BCUT2D eigenvalue weighted by Gasteiger charge is 2.26. The molecule has 3 heteroatoms. The molecule has 14 heavy (non-hydrogen) atoms. The topological polar surface area (TPSA) is 34.1 Å². The Morgan fingerprint density at radius 2 is 2.43 bits per heavy atom. The van der Waals surface area contributed by atoms with Gasteiger partial charge in [-0.3, -0.25) is 0 Å². The van der Waals surface area contributed by atoms with E-state index >= 15 is 0 Å². The second-order valence-corrected chi connectivity index (χ2v) is 3.67. The van der Waals surface area contributed by atoms with Crippen LogP contribution in [0.2, 0.25) is 0 Å². The predicted octanol–water partition coefficient (Wildman–Crippen LogP) is 1.92. The first-order valence-corrected chi connectivity index (χ1v) is 5.15. The number of rotatable bonds is 3. The van der Waals surface area contributed by atoms with Crippen LogP contribution in [0, 0.1) is 5.92 Å². The van der Waals surface area contributed by atoms with E-state index in [1.54, 1.807) is 6.20 Å². The van der Waals surface area contributed by atoms with Gasteiger partial charge in [0.2, 0.25) is 0 Å².